The first-order valence-corrected chi connectivity index (χ1v) is 6.50. The first kappa shape index (κ1) is 13.4. The maximum Gasteiger partial charge on any atom is 0.121 e. The van der Waals surface area contributed by atoms with Crippen LogP contribution in [0.1, 0.15) is 11.1 Å². The summed E-state index contributed by atoms with van der Waals surface area (Å²) in [6.07, 6.45) is 0. The van der Waals surface area contributed by atoms with E-state index in [0.717, 1.165) is 18.0 Å². The van der Waals surface area contributed by atoms with Crippen molar-refractivity contribution in [1.29, 1.82) is 0 Å². The Morgan fingerprint density at radius 2 is 1.89 bits per heavy atom. The van der Waals surface area contributed by atoms with E-state index in [1.807, 2.05) is 24.3 Å². The molecule has 2 rings (SSSR count). The van der Waals surface area contributed by atoms with Crippen molar-refractivity contribution in [2.45, 2.75) is 13.5 Å². The third-order valence-electron chi connectivity index (χ3n) is 2.83. The van der Waals surface area contributed by atoms with E-state index in [9.17, 15) is 0 Å². The zero-order chi connectivity index (χ0) is 13.5. The van der Waals surface area contributed by atoms with E-state index in [1.54, 1.807) is 0 Å². The second-order valence-corrected chi connectivity index (χ2v) is 4.52. The van der Waals surface area contributed by atoms with Gasteiger partial charge in [0.15, 0.2) is 0 Å². The molecule has 0 saturated carbocycles. The molecular formula is C16H20N2O. The molecule has 0 bridgehead atoms. The minimum Gasteiger partial charge on any atom is -0.489 e. The number of nitrogens with two attached hydrogens (primary N) is 1. The number of rotatable bonds is 6. The average molecular weight is 256 g/mol. The van der Waals surface area contributed by atoms with Crippen molar-refractivity contribution in [2.24, 2.45) is 5.73 Å². The summed E-state index contributed by atoms with van der Waals surface area (Å²) in [5.74, 6) is 0.864. The van der Waals surface area contributed by atoms with Crippen LogP contribution in [0.5, 0.6) is 5.75 Å². The van der Waals surface area contributed by atoms with Crippen LogP contribution in [0.4, 0.5) is 5.69 Å². The standard InChI is InChI=1S/C16H20N2O/c1-13-5-7-14(8-6-13)12-19-16-4-2-3-15(11-16)18-10-9-17/h2-8,11,18H,9-10,12,17H2,1H3. The lowest BCUT2D eigenvalue weighted by Gasteiger charge is -2.09. The van der Waals surface area contributed by atoms with Crippen LogP contribution in [0.25, 0.3) is 0 Å². The van der Waals surface area contributed by atoms with Crippen molar-refractivity contribution in [2.75, 3.05) is 18.4 Å². The number of anilines is 1. The molecule has 3 heteroatoms. The molecule has 0 spiro atoms. The van der Waals surface area contributed by atoms with Gasteiger partial charge in [-0.15, -0.1) is 0 Å². The molecule has 0 aliphatic carbocycles. The third kappa shape index (κ3) is 4.30. The molecule has 2 aromatic carbocycles. The zero-order valence-corrected chi connectivity index (χ0v) is 11.2. The summed E-state index contributed by atoms with van der Waals surface area (Å²) in [5, 5.41) is 3.24. The van der Waals surface area contributed by atoms with Crippen molar-refractivity contribution in [3.05, 3.63) is 59.7 Å². The maximum atomic E-state index is 5.78. The number of hydrogen-bond acceptors (Lipinski definition) is 3. The molecule has 100 valence electrons. The third-order valence-corrected chi connectivity index (χ3v) is 2.83. The van der Waals surface area contributed by atoms with Crippen LogP contribution in [0.15, 0.2) is 48.5 Å². The molecule has 0 saturated heterocycles. The van der Waals surface area contributed by atoms with Gasteiger partial charge in [-0.3, -0.25) is 0 Å². The fourth-order valence-corrected chi connectivity index (χ4v) is 1.76. The normalized spacial score (nSPS) is 10.2. The summed E-state index contributed by atoms with van der Waals surface area (Å²) in [7, 11) is 0. The van der Waals surface area contributed by atoms with Gasteiger partial charge in [0.2, 0.25) is 0 Å². The van der Waals surface area contributed by atoms with Crippen LogP contribution in [0.3, 0.4) is 0 Å². The summed E-state index contributed by atoms with van der Waals surface area (Å²) in [4.78, 5) is 0. The minimum atomic E-state index is 0.584. The van der Waals surface area contributed by atoms with Crippen molar-refractivity contribution in [3.8, 4) is 5.75 Å². The summed E-state index contributed by atoms with van der Waals surface area (Å²) in [5.41, 5.74) is 8.93. The van der Waals surface area contributed by atoms with Gasteiger partial charge in [-0.05, 0) is 24.6 Å². The van der Waals surface area contributed by atoms with E-state index < -0.39 is 0 Å². The highest BCUT2D eigenvalue weighted by Gasteiger charge is 1.98. The summed E-state index contributed by atoms with van der Waals surface area (Å²) >= 11 is 0. The van der Waals surface area contributed by atoms with Crippen molar-refractivity contribution in [3.63, 3.8) is 0 Å². The summed E-state index contributed by atoms with van der Waals surface area (Å²) < 4.78 is 5.78. The van der Waals surface area contributed by atoms with Crippen LogP contribution in [-0.2, 0) is 6.61 Å². The molecule has 0 heterocycles. The second kappa shape index (κ2) is 6.81. The van der Waals surface area contributed by atoms with Gasteiger partial charge in [0, 0.05) is 24.8 Å². The number of hydrogen-bond donors (Lipinski definition) is 2. The molecule has 0 fully saturated rings. The lowest BCUT2D eigenvalue weighted by atomic mass is 10.2. The molecule has 0 unspecified atom stereocenters. The number of aryl methyl sites for hydroxylation is 1. The predicted octanol–water partition coefficient (Wildman–Crippen LogP) is 2.94. The molecule has 0 amide bonds. The Morgan fingerprint density at radius 3 is 2.63 bits per heavy atom. The largest absolute Gasteiger partial charge is 0.489 e. The average Bonchev–Trinajstić information content (AvgIpc) is 2.45. The topological polar surface area (TPSA) is 47.3 Å². The molecular weight excluding hydrogens is 236 g/mol. The first-order chi connectivity index (χ1) is 9.28. The van der Waals surface area contributed by atoms with Gasteiger partial charge in [0.25, 0.3) is 0 Å². The van der Waals surface area contributed by atoms with Crippen LogP contribution >= 0.6 is 0 Å². The van der Waals surface area contributed by atoms with E-state index in [2.05, 4.69) is 36.5 Å². The summed E-state index contributed by atoms with van der Waals surface area (Å²) in [6, 6.07) is 16.3. The molecule has 3 nitrogen and oxygen atoms in total. The van der Waals surface area contributed by atoms with Crippen LogP contribution < -0.4 is 15.8 Å². The van der Waals surface area contributed by atoms with Crippen molar-refractivity contribution in [1.82, 2.24) is 0 Å². The van der Waals surface area contributed by atoms with Crippen LogP contribution in [-0.4, -0.2) is 13.1 Å². The lowest BCUT2D eigenvalue weighted by molar-refractivity contribution is 0.306. The number of benzene rings is 2. The Balaban J connectivity index is 1.93. The molecule has 0 aliphatic rings. The van der Waals surface area contributed by atoms with Gasteiger partial charge in [-0.1, -0.05) is 35.9 Å². The zero-order valence-electron chi connectivity index (χ0n) is 11.2. The maximum absolute atomic E-state index is 5.78. The SMILES string of the molecule is Cc1ccc(COc2cccc(NCCN)c2)cc1. The number of ether oxygens (including phenoxy) is 1. The smallest absolute Gasteiger partial charge is 0.121 e. The van der Waals surface area contributed by atoms with Gasteiger partial charge >= 0.3 is 0 Å². The number of nitrogens with one attached hydrogen (secondary N) is 1. The molecule has 0 aliphatic heterocycles. The molecule has 0 radical (unpaired) electrons. The Kier molecular flexibility index (Phi) is 4.81. The highest BCUT2D eigenvalue weighted by molar-refractivity contribution is 5.48. The Morgan fingerprint density at radius 1 is 1.11 bits per heavy atom. The van der Waals surface area contributed by atoms with Gasteiger partial charge in [-0.2, -0.15) is 0 Å². The van der Waals surface area contributed by atoms with Gasteiger partial charge in [0.1, 0.15) is 12.4 Å². The molecule has 3 N–H and O–H groups in total. The monoisotopic (exact) mass is 256 g/mol. The van der Waals surface area contributed by atoms with E-state index in [0.29, 0.717) is 13.2 Å². The second-order valence-electron chi connectivity index (χ2n) is 4.52. The molecule has 2 aromatic rings. The van der Waals surface area contributed by atoms with Crippen LogP contribution in [0.2, 0.25) is 0 Å². The van der Waals surface area contributed by atoms with Crippen molar-refractivity contribution >= 4 is 5.69 Å². The highest BCUT2D eigenvalue weighted by Crippen LogP contribution is 2.18. The minimum absolute atomic E-state index is 0.584. The summed E-state index contributed by atoms with van der Waals surface area (Å²) in [6.45, 7) is 4.05. The fraction of sp³-hybridized carbons (Fsp3) is 0.250. The molecule has 0 atom stereocenters. The van der Waals surface area contributed by atoms with Gasteiger partial charge in [0.05, 0.1) is 0 Å². The van der Waals surface area contributed by atoms with E-state index >= 15 is 0 Å². The predicted molar refractivity (Wildman–Crippen MR) is 79.5 cm³/mol. The first-order valence-electron chi connectivity index (χ1n) is 6.50. The Labute approximate surface area is 114 Å². The quantitative estimate of drug-likeness (QED) is 0.835. The van der Waals surface area contributed by atoms with E-state index in [-0.39, 0.29) is 0 Å². The lowest BCUT2D eigenvalue weighted by Crippen LogP contribution is -2.12. The van der Waals surface area contributed by atoms with Crippen molar-refractivity contribution < 1.29 is 4.74 Å². The van der Waals surface area contributed by atoms with E-state index in [4.69, 9.17) is 10.5 Å². The van der Waals surface area contributed by atoms with E-state index in [1.165, 1.54) is 11.1 Å². The Bertz CT molecular complexity index is 508. The van der Waals surface area contributed by atoms with Crippen LogP contribution in [0, 0.1) is 6.92 Å². The molecule has 19 heavy (non-hydrogen) atoms. The Hall–Kier alpha value is -2.00. The fourth-order valence-electron chi connectivity index (χ4n) is 1.76. The molecule has 0 aromatic heterocycles. The van der Waals surface area contributed by atoms with Gasteiger partial charge < -0.3 is 15.8 Å². The van der Waals surface area contributed by atoms with Gasteiger partial charge in [-0.25, -0.2) is 0 Å². The highest BCUT2D eigenvalue weighted by atomic mass is 16.5.